The number of hydrogen-bond acceptors (Lipinski definition) is 1. The highest BCUT2D eigenvalue weighted by Crippen LogP contribution is 2.35. The molecule has 0 saturated heterocycles. The van der Waals surface area contributed by atoms with Crippen molar-refractivity contribution in [3.8, 4) is 0 Å². The lowest BCUT2D eigenvalue weighted by Gasteiger charge is -2.26. The first-order chi connectivity index (χ1) is 7.79. The Bertz CT molecular complexity index is 324. The third kappa shape index (κ3) is 2.85. The quantitative estimate of drug-likeness (QED) is 0.824. The van der Waals surface area contributed by atoms with E-state index in [1.807, 2.05) is 0 Å². The number of benzene rings is 1. The van der Waals surface area contributed by atoms with Crippen molar-refractivity contribution in [1.29, 1.82) is 0 Å². The highest BCUT2D eigenvalue weighted by molar-refractivity contribution is 5.27. The smallest absolute Gasteiger partial charge is 0.00367 e. The van der Waals surface area contributed by atoms with Crippen LogP contribution in [0.15, 0.2) is 24.3 Å². The summed E-state index contributed by atoms with van der Waals surface area (Å²) in [5, 5.41) is 0. The third-order valence-electron chi connectivity index (χ3n) is 3.87. The summed E-state index contributed by atoms with van der Waals surface area (Å²) in [6.07, 6.45) is 6.54. The van der Waals surface area contributed by atoms with Crippen LogP contribution in [-0.4, -0.2) is 6.54 Å². The second-order valence-corrected chi connectivity index (χ2v) is 5.24. The Morgan fingerprint density at radius 1 is 1.19 bits per heavy atom. The first kappa shape index (κ1) is 11.7. The van der Waals surface area contributed by atoms with Crippen LogP contribution in [-0.2, 0) is 6.42 Å². The van der Waals surface area contributed by atoms with Crippen LogP contribution in [0.2, 0.25) is 0 Å². The van der Waals surface area contributed by atoms with Gasteiger partial charge in [0.15, 0.2) is 0 Å². The molecule has 1 aromatic carbocycles. The topological polar surface area (TPSA) is 26.0 Å². The van der Waals surface area contributed by atoms with E-state index in [9.17, 15) is 0 Å². The molecule has 0 radical (unpaired) electrons. The summed E-state index contributed by atoms with van der Waals surface area (Å²) in [7, 11) is 0. The predicted molar refractivity (Wildman–Crippen MR) is 69.6 cm³/mol. The minimum Gasteiger partial charge on any atom is -0.330 e. The zero-order valence-electron chi connectivity index (χ0n) is 10.3. The largest absolute Gasteiger partial charge is 0.330 e. The van der Waals surface area contributed by atoms with E-state index in [0.717, 1.165) is 24.8 Å². The molecule has 0 heterocycles. The standard InChI is InChI=1S/C15H23N/c1-12-5-7-14(8-6-12)15-4-2-3-13(11-15)9-10-16/h2-4,11-12,14H,5-10,16H2,1H3. The molecule has 1 aliphatic rings. The molecule has 1 nitrogen and oxygen atoms in total. The van der Waals surface area contributed by atoms with Crippen molar-refractivity contribution in [1.82, 2.24) is 0 Å². The van der Waals surface area contributed by atoms with E-state index in [0.29, 0.717) is 0 Å². The lowest BCUT2D eigenvalue weighted by molar-refractivity contribution is 0.348. The molecule has 0 aromatic heterocycles. The van der Waals surface area contributed by atoms with Crippen LogP contribution in [0.1, 0.15) is 49.7 Å². The van der Waals surface area contributed by atoms with Gasteiger partial charge in [-0.3, -0.25) is 0 Å². The van der Waals surface area contributed by atoms with Crippen LogP contribution in [0.25, 0.3) is 0 Å². The van der Waals surface area contributed by atoms with Crippen LogP contribution >= 0.6 is 0 Å². The molecule has 1 heteroatoms. The summed E-state index contributed by atoms with van der Waals surface area (Å²) >= 11 is 0. The zero-order valence-corrected chi connectivity index (χ0v) is 10.3. The van der Waals surface area contributed by atoms with Gasteiger partial charge in [0.2, 0.25) is 0 Å². The molecule has 0 bridgehead atoms. The molecule has 1 aliphatic carbocycles. The molecule has 1 aromatic rings. The molecule has 0 spiro atoms. The van der Waals surface area contributed by atoms with Crippen LogP contribution < -0.4 is 5.73 Å². The van der Waals surface area contributed by atoms with E-state index < -0.39 is 0 Å². The van der Waals surface area contributed by atoms with E-state index in [1.165, 1.54) is 36.8 Å². The van der Waals surface area contributed by atoms with Gasteiger partial charge in [0.1, 0.15) is 0 Å². The first-order valence-corrected chi connectivity index (χ1v) is 6.58. The van der Waals surface area contributed by atoms with Crippen LogP contribution in [0.4, 0.5) is 0 Å². The second kappa shape index (κ2) is 5.49. The third-order valence-corrected chi connectivity index (χ3v) is 3.87. The molecule has 16 heavy (non-hydrogen) atoms. The van der Waals surface area contributed by atoms with Crippen molar-refractivity contribution >= 4 is 0 Å². The highest BCUT2D eigenvalue weighted by atomic mass is 14.5. The van der Waals surface area contributed by atoms with Crippen LogP contribution in [0, 0.1) is 5.92 Å². The Labute approximate surface area is 99.0 Å². The van der Waals surface area contributed by atoms with E-state index in [1.54, 1.807) is 0 Å². The molecule has 0 aliphatic heterocycles. The molecule has 2 N–H and O–H groups in total. The SMILES string of the molecule is CC1CCC(c2cccc(CCN)c2)CC1. The molecule has 88 valence electrons. The van der Waals surface area contributed by atoms with E-state index in [-0.39, 0.29) is 0 Å². The maximum atomic E-state index is 5.61. The summed E-state index contributed by atoms with van der Waals surface area (Å²) in [5.74, 6) is 1.73. The highest BCUT2D eigenvalue weighted by Gasteiger charge is 2.19. The Balaban J connectivity index is 2.05. The summed E-state index contributed by atoms with van der Waals surface area (Å²) < 4.78 is 0. The maximum Gasteiger partial charge on any atom is -0.00367 e. The molecule has 0 unspecified atom stereocenters. The summed E-state index contributed by atoms with van der Waals surface area (Å²) in [4.78, 5) is 0. The van der Waals surface area contributed by atoms with Gasteiger partial charge in [0.25, 0.3) is 0 Å². The fraction of sp³-hybridized carbons (Fsp3) is 0.600. The molecule has 2 rings (SSSR count). The molecule has 0 amide bonds. The van der Waals surface area contributed by atoms with Gasteiger partial charge in [-0.2, -0.15) is 0 Å². The second-order valence-electron chi connectivity index (χ2n) is 5.24. The van der Waals surface area contributed by atoms with Gasteiger partial charge < -0.3 is 5.73 Å². The first-order valence-electron chi connectivity index (χ1n) is 6.58. The number of nitrogens with two attached hydrogens (primary N) is 1. The van der Waals surface area contributed by atoms with Crippen LogP contribution in [0.5, 0.6) is 0 Å². The minimum atomic E-state index is 0.755. The molecule has 1 fully saturated rings. The molecular weight excluding hydrogens is 194 g/mol. The number of hydrogen-bond donors (Lipinski definition) is 1. The minimum absolute atomic E-state index is 0.755. The summed E-state index contributed by atoms with van der Waals surface area (Å²) in [6, 6.07) is 9.05. The van der Waals surface area contributed by atoms with Gasteiger partial charge in [-0.15, -0.1) is 0 Å². The Kier molecular flexibility index (Phi) is 4.00. The van der Waals surface area contributed by atoms with Gasteiger partial charge in [0.05, 0.1) is 0 Å². The van der Waals surface area contributed by atoms with E-state index in [4.69, 9.17) is 5.73 Å². The van der Waals surface area contributed by atoms with Gasteiger partial charge in [0, 0.05) is 0 Å². The number of rotatable bonds is 3. The van der Waals surface area contributed by atoms with Gasteiger partial charge in [-0.25, -0.2) is 0 Å². The Morgan fingerprint density at radius 2 is 1.94 bits per heavy atom. The van der Waals surface area contributed by atoms with Crippen LogP contribution in [0.3, 0.4) is 0 Å². The lowest BCUT2D eigenvalue weighted by Crippen LogP contribution is -2.11. The Morgan fingerprint density at radius 3 is 2.62 bits per heavy atom. The van der Waals surface area contributed by atoms with Crippen molar-refractivity contribution in [2.45, 2.75) is 44.9 Å². The fourth-order valence-electron chi connectivity index (χ4n) is 2.76. The van der Waals surface area contributed by atoms with Gasteiger partial charge >= 0.3 is 0 Å². The molecule has 1 saturated carbocycles. The summed E-state index contributed by atoms with van der Waals surface area (Å²) in [6.45, 7) is 3.13. The van der Waals surface area contributed by atoms with Gasteiger partial charge in [-0.1, -0.05) is 44.0 Å². The summed E-state index contributed by atoms with van der Waals surface area (Å²) in [5.41, 5.74) is 8.55. The normalized spacial score (nSPS) is 25.6. The average molecular weight is 217 g/mol. The van der Waals surface area contributed by atoms with Crippen molar-refractivity contribution in [2.75, 3.05) is 6.54 Å². The monoisotopic (exact) mass is 217 g/mol. The zero-order chi connectivity index (χ0) is 11.4. The van der Waals surface area contributed by atoms with Crippen molar-refractivity contribution < 1.29 is 0 Å². The van der Waals surface area contributed by atoms with E-state index >= 15 is 0 Å². The lowest BCUT2D eigenvalue weighted by atomic mass is 9.79. The average Bonchev–Trinajstić information content (AvgIpc) is 2.31. The molecular formula is C15H23N. The maximum absolute atomic E-state index is 5.61. The van der Waals surface area contributed by atoms with Crippen molar-refractivity contribution in [3.63, 3.8) is 0 Å². The predicted octanol–water partition coefficient (Wildman–Crippen LogP) is 3.48. The molecule has 0 atom stereocenters. The van der Waals surface area contributed by atoms with Gasteiger partial charge in [-0.05, 0) is 48.8 Å². The van der Waals surface area contributed by atoms with Crippen molar-refractivity contribution in [3.05, 3.63) is 35.4 Å². The fourth-order valence-corrected chi connectivity index (χ4v) is 2.76. The van der Waals surface area contributed by atoms with Crippen molar-refractivity contribution in [2.24, 2.45) is 11.7 Å². The van der Waals surface area contributed by atoms with E-state index in [2.05, 4.69) is 31.2 Å². The Hall–Kier alpha value is -0.820.